The van der Waals surface area contributed by atoms with Crippen LogP contribution in [0.1, 0.15) is 12.8 Å². The van der Waals surface area contributed by atoms with Gasteiger partial charge in [-0.2, -0.15) is 0 Å². The van der Waals surface area contributed by atoms with Crippen LogP contribution in [-0.4, -0.2) is 63.9 Å². The molecule has 0 aromatic heterocycles. The molecule has 1 unspecified atom stereocenters. The van der Waals surface area contributed by atoms with Crippen LogP contribution >= 0.6 is 22.9 Å². The summed E-state index contributed by atoms with van der Waals surface area (Å²) < 4.78 is 1.27. The molecule has 2 saturated heterocycles. The molecule has 110 valence electrons. The highest BCUT2D eigenvalue weighted by Gasteiger charge is 2.36. The molecule has 4 amide bonds. The number of fused-ring (bicyclic) bond motifs is 1. The highest BCUT2D eigenvalue weighted by molar-refractivity contribution is 14.1. The SMILES string of the molecule is O=C1CNC(=O)CN(I)C(=O)C2CCCN2C(=O)CN1. The first-order valence-electron chi connectivity index (χ1n) is 6.29. The number of carbonyl (C=O) groups is 4. The third kappa shape index (κ3) is 3.38. The van der Waals surface area contributed by atoms with Gasteiger partial charge in [0.15, 0.2) is 0 Å². The van der Waals surface area contributed by atoms with Gasteiger partial charge in [0.25, 0.3) is 5.91 Å². The first-order valence-corrected chi connectivity index (χ1v) is 7.25. The molecule has 0 radical (unpaired) electrons. The van der Waals surface area contributed by atoms with Gasteiger partial charge >= 0.3 is 0 Å². The van der Waals surface area contributed by atoms with E-state index in [9.17, 15) is 19.2 Å². The van der Waals surface area contributed by atoms with Crippen molar-refractivity contribution < 1.29 is 19.2 Å². The van der Waals surface area contributed by atoms with Crippen molar-refractivity contribution in [1.82, 2.24) is 18.6 Å². The van der Waals surface area contributed by atoms with E-state index < -0.39 is 17.9 Å². The summed E-state index contributed by atoms with van der Waals surface area (Å²) in [6, 6.07) is -0.538. The van der Waals surface area contributed by atoms with Gasteiger partial charge in [-0.15, -0.1) is 0 Å². The summed E-state index contributed by atoms with van der Waals surface area (Å²) in [5, 5.41) is 4.84. The molecule has 2 N–H and O–H groups in total. The van der Waals surface area contributed by atoms with E-state index in [1.54, 1.807) is 22.9 Å². The fourth-order valence-corrected chi connectivity index (χ4v) is 2.89. The zero-order valence-electron chi connectivity index (χ0n) is 10.7. The molecule has 2 fully saturated rings. The molecule has 0 aromatic rings. The second-order valence-electron chi connectivity index (χ2n) is 4.66. The van der Waals surface area contributed by atoms with Gasteiger partial charge in [0, 0.05) is 6.54 Å². The summed E-state index contributed by atoms with van der Waals surface area (Å²) in [5.74, 6) is -1.35. The van der Waals surface area contributed by atoms with Crippen molar-refractivity contribution in [1.29, 1.82) is 0 Å². The number of rotatable bonds is 0. The Bertz CT molecular complexity index is 456. The number of amides is 4. The maximum atomic E-state index is 12.3. The summed E-state index contributed by atoms with van der Waals surface area (Å²) in [6.45, 7) is 0.0148. The molecule has 0 aromatic carbocycles. The van der Waals surface area contributed by atoms with Crippen LogP contribution in [0.4, 0.5) is 0 Å². The highest BCUT2D eigenvalue weighted by atomic mass is 127. The largest absolute Gasteiger partial charge is 0.345 e. The molecule has 8 nitrogen and oxygen atoms in total. The average Bonchev–Trinajstić information content (AvgIpc) is 2.89. The van der Waals surface area contributed by atoms with Gasteiger partial charge in [-0.3, -0.25) is 22.3 Å². The number of hydrogen-bond donors (Lipinski definition) is 2. The molecular formula is C11H15IN4O4. The Kier molecular flexibility index (Phi) is 4.78. The van der Waals surface area contributed by atoms with E-state index >= 15 is 0 Å². The third-order valence-electron chi connectivity index (χ3n) is 3.26. The van der Waals surface area contributed by atoms with Gasteiger partial charge in [-0.25, -0.2) is 0 Å². The number of halogens is 1. The van der Waals surface area contributed by atoms with Gasteiger partial charge in [0.1, 0.15) is 12.6 Å². The van der Waals surface area contributed by atoms with E-state index in [1.165, 1.54) is 8.01 Å². The second-order valence-corrected chi connectivity index (χ2v) is 5.82. The van der Waals surface area contributed by atoms with E-state index in [1.807, 2.05) is 0 Å². The van der Waals surface area contributed by atoms with E-state index in [-0.39, 0.29) is 31.4 Å². The van der Waals surface area contributed by atoms with Crippen molar-refractivity contribution in [3.8, 4) is 0 Å². The Balaban J connectivity index is 2.16. The van der Waals surface area contributed by atoms with Gasteiger partial charge in [-0.1, -0.05) is 0 Å². The molecule has 1 atom stereocenters. The molecule has 0 saturated carbocycles. The molecule has 0 bridgehead atoms. The zero-order valence-corrected chi connectivity index (χ0v) is 12.9. The van der Waals surface area contributed by atoms with Crippen molar-refractivity contribution in [2.75, 3.05) is 26.2 Å². The van der Waals surface area contributed by atoms with Gasteiger partial charge in [-0.05, 0) is 12.8 Å². The van der Waals surface area contributed by atoms with Gasteiger partial charge in [0.05, 0.1) is 36.0 Å². The highest BCUT2D eigenvalue weighted by Crippen LogP contribution is 2.20. The monoisotopic (exact) mass is 394 g/mol. The smallest absolute Gasteiger partial charge is 0.254 e. The fraction of sp³-hybridized carbons (Fsp3) is 0.636. The van der Waals surface area contributed by atoms with Crippen LogP contribution < -0.4 is 10.6 Å². The van der Waals surface area contributed by atoms with Gasteiger partial charge in [0.2, 0.25) is 17.7 Å². The lowest BCUT2D eigenvalue weighted by Crippen LogP contribution is -2.52. The summed E-state index contributed by atoms with van der Waals surface area (Å²) in [6.07, 6.45) is 1.33. The molecule has 0 spiro atoms. The molecule has 0 aliphatic carbocycles. The second kappa shape index (κ2) is 6.37. The van der Waals surface area contributed by atoms with Crippen molar-refractivity contribution >= 4 is 46.5 Å². The van der Waals surface area contributed by atoms with E-state index in [4.69, 9.17) is 0 Å². The summed E-state index contributed by atoms with van der Waals surface area (Å²) in [5.41, 5.74) is 0. The van der Waals surface area contributed by atoms with Crippen LogP contribution in [0.3, 0.4) is 0 Å². The summed E-state index contributed by atoms with van der Waals surface area (Å²) in [4.78, 5) is 48.8. The van der Waals surface area contributed by atoms with E-state index in [0.717, 1.165) is 6.42 Å². The molecule has 9 heteroatoms. The number of nitrogens with zero attached hydrogens (tertiary/aromatic N) is 2. The number of carbonyl (C=O) groups excluding carboxylic acids is 4. The van der Waals surface area contributed by atoms with Crippen molar-refractivity contribution in [3.05, 3.63) is 0 Å². The molecule has 20 heavy (non-hydrogen) atoms. The standard InChI is InChI=1S/C11H15IN4O4/c12-16-6-9(18)13-4-8(17)14-5-10(19)15-3-1-2-7(15)11(16)20/h7H,1-6H2,(H,13,18)(H,14,17). The molecule has 2 aliphatic rings. The Morgan fingerprint density at radius 3 is 2.50 bits per heavy atom. The van der Waals surface area contributed by atoms with Crippen LogP contribution in [-0.2, 0) is 19.2 Å². The zero-order chi connectivity index (χ0) is 14.7. The molecule has 2 heterocycles. The van der Waals surface area contributed by atoms with Crippen molar-refractivity contribution in [2.24, 2.45) is 0 Å². The minimum atomic E-state index is -0.538. The summed E-state index contributed by atoms with van der Waals surface area (Å²) >= 11 is 1.77. The predicted octanol–water partition coefficient (Wildman–Crippen LogP) is -1.60. The number of hydrogen-bond acceptors (Lipinski definition) is 4. The Morgan fingerprint density at radius 1 is 1.05 bits per heavy atom. The molecule has 2 aliphatic heterocycles. The molecular weight excluding hydrogens is 379 g/mol. The van der Waals surface area contributed by atoms with Crippen LogP contribution in [0.25, 0.3) is 0 Å². The first kappa shape index (κ1) is 15.0. The quantitative estimate of drug-likeness (QED) is 0.382. The minimum Gasteiger partial charge on any atom is -0.345 e. The van der Waals surface area contributed by atoms with E-state index in [2.05, 4.69) is 10.6 Å². The first-order chi connectivity index (χ1) is 9.49. The van der Waals surface area contributed by atoms with Crippen LogP contribution in [0, 0.1) is 0 Å². The van der Waals surface area contributed by atoms with Crippen molar-refractivity contribution in [2.45, 2.75) is 18.9 Å². The summed E-state index contributed by atoms with van der Waals surface area (Å²) in [7, 11) is 0. The van der Waals surface area contributed by atoms with Crippen molar-refractivity contribution in [3.63, 3.8) is 0 Å². The third-order valence-corrected chi connectivity index (χ3v) is 4.08. The van der Waals surface area contributed by atoms with E-state index in [0.29, 0.717) is 13.0 Å². The van der Waals surface area contributed by atoms with Gasteiger partial charge < -0.3 is 15.5 Å². The lowest BCUT2D eigenvalue weighted by Gasteiger charge is -2.27. The maximum Gasteiger partial charge on any atom is 0.254 e. The average molecular weight is 394 g/mol. The minimum absolute atomic E-state index is 0.134. The Morgan fingerprint density at radius 2 is 1.75 bits per heavy atom. The lowest BCUT2D eigenvalue weighted by molar-refractivity contribution is -0.141. The Labute approximate surface area is 129 Å². The fourth-order valence-electron chi connectivity index (χ4n) is 2.26. The maximum absolute atomic E-state index is 12.3. The van der Waals surface area contributed by atoms with Crippen LogP contribution in [0.5, 0.6) is 0 Å². The normalized spacial score (nSPS) is 25.6. The predicted molar refractivity (Wildman–Crippen MR) is 76.5 cm³/mol. The van der Waals surface area contributed by atoms with Crippen LogP contribution in [0.2, 0.25) is 0 Å². The van der Waals surface area contributed by atoms with Crippen LogP contribution in [0.15, 0.2) is 0 Å². The number of nitrogens with one attached hydrogen (secondary N) is 2. The molecule has 2 rings (SSSR count). The topological polar surface area (TPSA) is 98.8 Å². The Hall–Kier alpha value is -1.39. The lowest BCUT2D eigenvalue weighted by atomic mass is 10.2.